The molecule has 0 fully saturated rings. The lowest BCUT2D eigenvalue weighted by atomic mass is 10.1. The van der Waals surface area contributed by atoms with Gasteiger partial charge in [0.15, 0.2) is 0 Å². The number of hydrogen-bond donors (Lipinski definition) is 1. The summed E-state index contributed by atoms with van der Waals surface area (Å²) < 4.78 is 3.33. The third-order valence-electron chi connectivity index (χ3n) is 1.49. The Labute approximate surface area is 61.0 Å². The van der Waals surface area contributed by atoms with Crippen molar-refractivity contribution in [2.75, 3.05) is 0 Å². The minimum Gasteiger partial charge on any atom is -0.253 e. The third kappa shape index (κ3) is 1.73. The Hall–Kier alpha value is 0.0500. The summed E-state index contributed by atoms with van der Waals surface area (Å²) >= 11 is 1.74. The Kier molecular flexibility index (Phi) is 2.19. The van der Waals surface area contributed by atoms with Gasteiger partial charge < -0.3 is 0 Å². The molecule has 0 spiro atoms. The van der Waals surface area contributed by atoms with E-state index in [9.17, 15) is 0 Å². The normalized spacial score (nSPS) is 27.1. The quantitative estimate of drug-likeness (QED) is 0.564. The van der Waals surface area contributed by atoms with E-state index in [-0.39, 0.29) is 0 Å². The predicted octanol–water partition coefficient (Wildman–Crippen LogP) is 2.17. The van der Waals surface area contributed by atoms with Gasteiger partial charge >= 0.3 is 0 Å². The minimum absolute atomic E-state index is 0.593. The molecule has 1 N–H and O–H groups in total. The van der Waals surface area contributed by atoms with Gasteiger partial charge in [-0.25, -0.2) is 0 Å². The molecule has 52 valence electrons. The molecule has 0 aromatic heterocycles. The zero-order valence-corrected chi connectivity index (χ0v) is 6.96. The number of nitrogens with one attached hydrogen (secondary N) is 1. The van der Waals surface area contributed by atoms with Gasteiger partial charge in [-0.3, -0.25) is 4.72 Å². The van der Waals surface area contributed by atoms with Crippen molar-refractivity contribution < 1.29 is 0 Å². The summed E-state index contributed by atoms with van der Waals surface area (Å²) in [7, 11) is 0. The third-order valence-corrected chi connectivity index (χ3v) is 2.34. The molecule has 1 aliphatic rings. The fourth-order valence-corrected chi connectivity index (χ4v) is 1.69. The molecule has 0 amide bonds. The van der Waals surface area contributed by atoms with Crippen molar-refractivity contribution in [3.05, 3.63) is 11.0 Å². The Morgan fingerprint density at radius 2 is 2.33 bits per heavy atom. The van der Waals surface area contributed by atoms with E-state index in [1.807, 2.05) is 0 Å². The Balaban J connectivity index is 2.47. The first-order valence-corrected chi connectivity index (χ1v) is 4.12. The van der Waals surface area contributed by atoms with Crippen molar-refractivity contribution in [1.29, 1.82) is 0 Å². The lowest BCUT2D eigenvalue weighted by Gasteiger charge is -2.10. The first kappa shape index (κ1) is 7.16. The van der Waals surface area contributed by atoms with Crippen LogP contribution in [0.1, 0.15) is 20.8 Å². The highest BCUT2D eigenvalue weighted by Gasteiger charge is 2.15. The summed E-state index contributed by atoms with van der Waals surface area (Å²) in [4.78, 5) is 1.40. The van der Waals surface area contributed by atoms with Crippen LogP contribution in [0.4, 0.5) is 0 Å². The summed E-state index contributed by atoms with van der Waals surface area (Å²) in [5, 5.41) is 0. The van der Waals surface area contributed by atoms with Crippen molar-refractivity contribution in [1.82, 2.24) is 4.72 Å². The fourth-order valence-electron chi connectivity index (χ4n) is 0.810. The van der Waals surface area contributed by atoms with E-state index in [1.54, 1.807) is 11.9 Å². The van der Waals surface area contributed by atoms with Crippen LogP contribution in [-0.2, 0) is 0 Å². The van der Waals surface area contributed by atoms with E-state index in [0.29, 0.717) is 6.04 Å². The van der Waals surface area contributed by atoms with Gasteiger partial charge in [-0.1, -0.05) is 19.9 Å². The lowest BCUT2D eigenvalue weighted by Crippen LogP contribution is -2.22. The molecule has 0 radical (unpaired) electrons. The SMILES string of the molecule is CC1=CC(C(C)C)NS1. The highest BCUT2D eigenvalue weighted by atomic mass is 32.2. The molecule has 0 saturated heterocycles. The molecule has 1 rings (SSSR count). The van der Waals surface area contributed by atoms with Gasteiger partial charge in [0.2, 0.25) is 0 Å². The standard InChI is InChI=1S/C7H13NS/c1-5(2)7-4-6(3)9-8-7/h4-5,7-8H,1-3H3. The molecule has 0 aromatic carbocycles. The summed E-state index contributed by atoms with van der Waals surface area (Å²) in [5.41, 5.74) is 0. The van der Waals surface area contributed by atoms with Crippen molar-refractivity contribution >= 4 is 11.9 Å². The highest BCUT2D eigenvalue weighted by Crippen LogP contribution is 2.23. The largest absolute Gasteiger partial charge is 0.253 e. The monoisotopic (exact) mass is 143 g/mol. The molecule has 1 heterocycles. The average molecular weight is 143 g/mol. The summed E-state index contributed by atoms with van der Waals surface area (Å²) in [5.74, 6) is 0.718. The first-order valence-electron chi connectivity index (χ1n) is 3.31. The number of hydrogen-bond acceptors (Lipinski definition) is 2. The van der Waals surface area contributed by atoms with Crippen LogP contribution in [0, 0.1) is 5.92 Å². The van der Waals surface area contributed by atoms with E-state index < -0.39 is 0 Å². The van der Waals surface area contributed by atoms with E-state index in [1.165, 1.54) is 4.91 Å². The van der Waals surface area contributed by atoms with Crippen LogP contribution in [0.2, 0.25) is 0 Å². The van der Waals surface area contributed by atoms with Crippen molar-refractivity contribution in [3.8, 4) is 0 Å². The zero-order chi connectivity index (χ0) is 6.85. The first-order chi connectivity index (χ1) is 4.20. The summed E-state index contributed by atoms with van der Waals surface area (Å²) in [6, 6.07) is 0.593. The van der Waals surface area contributed by atoms with E-state index in [0.717, 1.165) is 5.92 Å². The predicted molar refractivity (Wildman–Crippen MR) is 43.1 cm³/mol. The van der Waals surface area contributed by atoms with E-state index in [2.05, 4.69) is 31.6 Å². The molecule has 0 aromatic rings. The molecule has 1 nitrogen and oxygen atoms in total. The lowest BCUT2D eigenvalue weighted by molar-refractivity contribution is 0.549. The Bertz CT molecular complexity index is 129. The van der Waals surface area contributed by atoms with Gasteiger partial charge in [0.1, 0.15) is 0 Å². The van der Waals surface area contributed by atoms with Gasteiger partial charge in [0.25, 0.3) is 0 Å². The number of rotatable bonds is 1. The molecule has 0 aliphatic carbocycles. The van der Waals surface area contributed by atoms with Gasteiger partial charge in [-0.15, -0.1) is 0 Å². The van der Waals surface area contributed by atoms with Gasteiger partial charge in [-0.2, -0.15) is 0 Å². The number of allylic oxidation sites excluding steroid dienone is 1. The molecule has 0 bridgehead atoms. The topological polar surface area (TPSA) is 12.0 Å². The van der Waals surface area contributed by atoms with Crippen molar-refractivity contribution in [3.63, 3.8) is 0 Å². The second kappa shape index (κ2) is 2.76. The van der Waals surface area contributed by atoms with E-state index >= 15 is 0 Å². The van der Waals surface area contributed by atoms with Crippen LogP contribution in [0.3, 0.4) is 0 Å². The fraction of sp³-hybridized carbons (Fsp3) is 0.714. The molecule has 1 aliphatic heterocycles. The van der Waals surface area contributed by atoms with Crippen LogP contribution in [-0.4, -0.2) is 6.04 Å². The second-order valence-electron chi connectivity index (χ2n) is 2.77. The Morgan fingerprint density at radius 3 is 2.56 bits per heavy atom. The molecule has 9 heavy (non-hydrogen) atoms. The molecular weight excluding hydrogens is 130 g/mol. The summed E-state index contributed by atoms with van der Waals surface area (Å²) in [6.45, 7) is 6.60. The van der Waals surface area contributed by atoms with Crippen molar-refractivity contribution in [2.24, 2.45) is 5.92 Å². The van der Waals surface area contributed by atoms with Crippen LogP contribution in [0.25, 0.3) is 0 Å². The highest BCUT2D eigenvalue weighted by molar-refractivity contribution is 8.01. The van der Waals surface area contributed by atoms with Crippen LogP contribution < -0.4 is 4.72 Å². The van der Waals surface area contributed by atoms with Crippen LogP contribution in [0.5, 0.6) is 0 Å². The molecule has 2 heteroatoms. The smallest absolute Gasteiger partial charge is 0.0388 e. The van der Waals surface area contributed by atoms with Gasteiger partial charge in [0.05, 0.1) is 0 Å². The average Bonchev–Trinajstić information content (AvgIpc) is 2.14. The maximum atomic E-state index is 3.33. The van der Waals surface area contributed by atoms with Gasteiger partial charge in [0, 0.05) is 6.04 Å². The Morgan fingerprint density at radius 1 is 1.67 bits per heavy atom. The zero-order valence-electron chi connectivity index (χ0n) is 6.14. The maximum absolute atomic E-state index is 3.33. The summed E-state index contributed by atoms with van der Waals surface area (Å²) in [6.07, 6.45) is 2.29. The van der Waals surface area contributed by atoms with Crippen LogP contribution >= 0.6 is 11.9 Å². The van der Waals surface area contributed by atoms with Gasteiger partial charge in [-0.05, 0) is 29.7 Å². The molecular formula is C7H13NS. The second-order valence-corrected chi connectivity index (χ2v) is 3.85. The van der Waals surface area contributed by atoms with Crippen LogP contribution in [0.15, 0.2) is 11.0 Å². The molecule has 1 atom stereocenters. The van der Waals surface area contributed by atoms with E-state index in [4.69, 9.17) is 0 Å². The molecule has 1 unspecified atom stereocenters. The maximum Gasteiger partial charge on any atom is 0.0388 e. The minimum atomic E-state index is 0.593. The molecule has 0 saturated carbocycles. The van der Waals surface area contributed by atoms with Crippen molar-refractivity contribution in [2.45, 2.75) is 26.8 Å².